The third-order valence-corrected chi connectivity index (χ3v) is 5.86. The molecule has 0 radical (unpaired) electrons. The molecule has 6 heteroatoms. The van der Waals surface area contributed by atoms with Crippen LogP contribution in [0.4, 0.5) is 11.8 Å². The van der Waals surface area contributed by atoms with Gasteiger partial charge in [0.2, 0.25) is 5.95 Å². The average Bonchev–Trinajstić information content (AvgIpc) is 3.24. The van der Waals surface area contributed by atoms with E-state index in [1.165, 1.54) is 36.8 Å². The van der Waals surface area contributed by atoms with Crippen molar-refractivity contribution in [3.63, 3.8) is 0 Å². The van der Waals surface area contributed by atoms with Gasteiger partial charge in [0, 0.05) is 30.9 Å². The largest absolute Gasteiger partial charge is 0.493 e. The van der Waals surface area contributed by atoms with Gasteiger partial charge >= 0.3 is 0 Å². The van der Waals surface area contributed by atoms with Crippen molar-refractivity contribution in [1.29, 1.82) is 0 Å². The molecule has 1 N–H and O–H groups in total. The number of fused-ring (bicyclic) bond motifs is 1. The summed E-state index contributed by atoms with van der Waals surface area (Å²) in [7, 11) is 3.37. The van der Waals surface area contributed by atoms with Gasteiger partial charge in [0.1, 0.15) is 5.82 Å². The molecule has 1 fully saturated rings. The highest BCUT2D eigenvalue weighted by molar-refractivity contribution is 5.53. The number of hydrogen-bond acceptors (Lipinski definition) is 6. The predicted molar refractivity (Wildman–Crippen MR) is 112 cm³/mol. The van der Waals surface area contributed by atoms with E-state index >= 15 is 0 Å². The highest BCUT2D eigenvalue weighted by Crippen LogP contribution is 2.34. The Bertz CT molecular complexity index is 834. The molecule has 0 unspecified atom stereocenters. The molecular weight excluding hydrogens is 352 g/mol. The number of rotatable bonds is 6. The zero-order valence-corrected chi connectivity index (χ0v) is 17.1. The van der Waals surface area contributed by atoms with Crippen molar-refractivity contribution in [1.82, 2.24) is 9.97 Å². The third-order valence-electron chi connectivity index (χ3n) is 5.86. The van der Waals surface area contributed by atoms with Crippen molar-refractivity contribution in [2.45, 2.75) is 58.0 Å². The maximum absolute atomic E-state index is 5.49. The normalized spacial score (nSPS) is 16.8. The maximum Gasteiger partial charge on any atom is 0.225 e. The topological polar surface area (TPSA) is 59.5 Å². The van der Waals surface area contributed by atoms with Crippen LogP contribution in [0.15, 0.2) is 18.2 Å². The predicted octanol–water partition coefficient (Wildman–Crippen LogP) is 3.97. The summed E-state index contributed by atoms with van der Waals surface area (Å²) in [5.41, 5.74) is 3.68. The monoisotopic (exact) mass is 382 g/mol. The number of hydrogen-bond donors (Lipinski definition) is 1. The molecular formula is C22H30N4O2. The zero-order valence-electron chi connectivity index (χ0n) is 17.1. The van der Waals surface area contributed by atoms with E-state index in [1.807, 2.05) is 0 Å². The highest BCUT2D eigenvalue weighted by atomic mass is 16.5. The SMILES string of the molecule is CCc1cc(N2CCc3cc(OC)c(OC)cc3C2)nc(NC2CCCC2)n1. The first-order valence-electron chi connectivity index (χ1n) is 10.3. The van der Waals surface area contributed by atoms with Gasteiger partial charge in [0.05, 0.1) is 14.2 Å². The lowest BCUT2D eigenvalue weighted by atomic mass is 9.98. The Morgan fingerprint density at radius 2 is 1.75 bits per heavy atom. The molecule has 28 heavy (non-hydrogen) atoms. The van der Waals surface area contributed by atoms with Crippen molar-refractivity contribution < 1.29 is 9.47 Å². The first-order valence-corrected chi connectivity index (χ1v) is 10.3. The van der Waals surface area contributed by atoms with Gasteiger partial charge in [-0.25, -0.2) is 4.98 Å². The first-order chi connectivity index (χ1) is 13.7. The molecule has 1 saturated carbocycles. The van der Waals surface area contributed by atoms with Crippen LogP contribution in [0, 0.1) is 0 Å². The van der Waals surface area contributed by atoms with Crippen LogP contribution in [0.25, 0.3) is 0 Å². The quantitative estimate of drug-likeness (QED) is 0.816. The summed E-state index contributed by atoms with van der Waals surface area (Å²) in [5, 5.41) is 3.56. The summed E-state index contributed by atoms with van der Waals surface area (Å²) in [4.78, 5) is 11.9. The van der Waals surface area contributed by atoms with Gasteiger partial charge in [-0.15, -0.1) is 0 Å². The minimum Gasteiger partial charge on any atom is -0.493 e. The van der Waals surface area contributed by atoms with Gasteiger partial charge in [-0.05, 0) is 48.9 Å². The number of benzene rings is 1. The Kier molecular flexibility index (Phi) is 5.55. The molecule has 6 nitrogen and oxygen atoms in total. The van der Waals surface area contributed by atoms with Crippen LogP contribution < -0.4 is 19.7 Å². The molecule has 150 valence electrons. The summed E-state index contributed by atoms with van der Waals surface area (Å²) in [6.45, 7) is 3.90. The second-order valence-electron chi connectivity index (χ2n) is 7.67. The van der Waals surface area contributed by atoms with Crippen LogP contribution in [0.5, 0.6) is 11.5 Å². The molecule has 0 atom stereocenters. The summed E-state index contributed by atoms with van der Waals surface area (Å²) in [5.74, 6) is 3.36. The molecule has 1 aromatic carbocycles. The van der Waals surface area contributed by atoms with E-state index in [-0.39, 0.29) is 0 Å². The second-order valence-corrected chi connectivity index (χ2v) is 7.67. The lowest BCUT2D eigenvalue weighted by Gasteiger charge is -2.31. The van der Waals surface area contributed by atoms with E-state index in [1.54, 1.807) is 14.2 Å². The maximum atomic E-state index is 5.49. The molecule has 0 bridgehead atoms. The van der Waals surface area contributed by atoms with Gasteiger partial charge in [-0.2, -0.15) is 4.98 Å². The fourth-order valence-electron chi connectivity index (χ4n) is 4.22. The van der Waals surface area contributed by atoms with Gasteiger partial charge in [-0.3, -0.25) is 0 Å². The van der Waals surface area contributed by atoms with Crippen LogP contribution in [0.1, 0.15) is 49.4 Å². The molecule has 4 rings (SSSR count). The van der Waals surface area contributed by atoms with Gasteiger partial charge < -0.3 is 19.7 Å². The van der Waals surface area contributed by atoms with Gasteiger partial charge in [0.25, 0.3) is 0 Å². The van der Waals surface area contributed by atoms with Crippen molar-refractivity contribution in [2.75, 3.05) is 31.0 Å². The number of anilines is 2. The van der Waals surface area contributed by atoms with Crippen LogP contribution >= 0.6 is 0 Å². The molecule has 1 aliphatic carbocycles. The minimum absolute atomic E-state index is 0.513. The summed E-state index contributed by atoms with van der Waals surface area (Å²) in [6.07, 6.45) is 6.90. The summed E-state index contributed by atoms with van der Waals surface area (Å²) in [6, 6.07) is 6.85. The Hall–Kier alpha value is -2.50. The van der Waals surface area contributed by atoms with Crippen molar-refractivity contribution in [3.05, 3.63) is 35.0 Å². The average molecular weight is 383 g/mol. The fourth-order valence-corrected chi connectivity index (χ4v) is 4.22. The number of ether oxygens (including phenoxy) is 2. The summed E-state index contributed by atoms with van der Waals surface area (Å²) >= 11 is 0. The fraction of sp³-hybridized carbons (Fsp3) is 0.545. The molecule has 0 saturated heterocycles. The third kappa shape index (κ3) is 3.86. The van der Waals surface area contributed by atoms with E-state index in [9.17, 15) is 0 Å². The number of aromatic nitrogens is 2. The van der Waals surface area contributed by atoms with Gasteiger partial charge in [0.15, 0.2) is 11.5 Å². The molecule has 0 spiro atoms. The summed E-state index contributed by atoms with van der Waals surface area (Å²) < 4.78 is 10.9. The van der Waals surface area contributed by atoms with Crippen LogP contribution in [-0.4, -0.2) is 36.8 Å². The lowest BCUT2D eigenvalue weighted by Crippen LogP contribution is -2.31. The Balaban J connectivity index is 1.59. The Labute approximate surface area is 167 Å². The first kappa shape index (κ1) is 18.8. The van der Waals surface area contributed by atoms with Crippen LogP contribution in [0.3, 0.4) is 0 Å². The second kappa shape index (κ2) is 8.25. The van der Waals surface area contributed by atoms with Gasteiger partial charge in [-0.1, -0.05) is 19.8 Å². The highest BCUT2D eigenvalue weighted by Gasteiger charge is 2.22. The minimum atomic E-state index is 0.513. The van der Waals surface area contributed by atoms with Crippen LogP contribution in [-0.2, 0) is 19.4 Å². The van der Waals surface area contributed by atoms with E-state index in [4.69, 9.17) is 19.4 Å². The molecule has 2 heterocycles. The number of methoxy groups -OCH3 is 2. The number of nitrogens with zero attached hydrogens (tertiary/aromatic N) is 3. The molecule has 1 aliphatic heterocycles. The lowest BCUT2D eigenvalue weighted by molar-refractivity contribution is 0.353. The van der Waals surface area contributed by atoms with E-state index < -0.39 is 0 Å². The van der Waals surface area contributed by atoms with E-state index in [0.717, 1.165) is 54.9 Å². The molecule has 2 aromatic rings. The molecule has 0 amide bonds. The van der Waals surface area contributed by atoms with Crippen molar-refractivity contribution in [3.8, 4) is 11.5 Å². The standard InChI is InChI=1S/C22H30N4O2/c1-4-17-13-21(25-22(23-17)24-18-7-5-6-8-18)26-10-9-15-11-19(27-2)20(28-3)12-16(15)14-26/h11-13,18H,4-10,14H2,1-3H3,(H,23,24,25). The molecule has 2 aliphatic rings. The van der Waals surface area contributed by atoms with Crippen molar-refractivity contribution >= 4 is 11.8 Å². The van der Waals surface area contributed by atoms with E-state index in [2.05, 4.69) is 35.3 Å². The van der Waals surface area contributed by atoms with Crippen LogP contribution in [0.2, 0.25) is 0 Å². The Morgan fingerprint density at radius 1 is 1.04 bits per heavy atom. The number of aryl methyl sites for hydroxylation is 1. The van der Waals surface area contributed by atoms with Crippen molar-refractivity contribution in [2.24, 2.45) is 0 Å². The smallest absolute Gasteiger partial charge is 0.225 e. The zero-order chi connectivity index (χ0) is 19.5. The number of nitrogens with one attached hydrogen (secondary N) is 1. The molecule has 1 aromatic heterocycles. The Morgan fingerprint density at radius 3 is 2.43 bits per heavy atom. The van der Waals surface area contributed by atoms with E-state index in [0.29, 0.717) is 6.04 Å².